The summed E-state index contributed by atoms with van der Waals surface area (Å²) in [5.41, 5.74) is 0. The first-order chi connectivity index (χ1) is 16.0. The molecule has 0 heterocycles. The molecule has 2 atom stereocenters. The number of carbonyl (C=O) groups is 2. The van der Waals surface area contributed by atoms with Gasteiger partial charge in [-0.05, 0) is 69.9 Å². The van der Waals surface area contributed by atoms with Crippen LogP contribution in [0.15, 0.2) is 23.8 Å². The number of hydrogen-bond acceptors (Lipinski definition) is 4. The molecule has 33 heavy (non-hydrogen) atoms. The van der Waals surface area contributed by atoms with Crippen molar-refractivity contribution in [3.63, 3.8) is 0 Å². The fourth-order valence-electron chi connectivity index (χ4n) is 3.97. The van der Waals surface area contributed by atoms with Gasteiger partial charge < -0.3 is 20.8 Å². The van der Waals surface area contributed by atoms with Crippen LogP contribution in [0.3, 0.4) is 0 Å². The summed E-state index contributed by atoms with van der Waals surface area (Å²) in [4.78, 5) is 24.0. The van der Waals surface area contributed by atoms with Gasteiger partial charge in [-0.1, -0.05) is 38.5 Å². The van der Waals surface area contributed by atoms with Crippen molar-refractivity contribution >= 4 is 11.8 Å². The van der Waals surface area contributed by atoms with E-state index in [1.807, 2.05) is 0 Å². The summed E-state index contributed by atoms with van der Waals surface area (Å²) in [5, 5.41) is 22.8. The van der Waals surface area contributed by atoms with Gasteiger partial charge in [-0.2, -0.15) is 0 Å². The maximum atomic E-state index is 14.0. The van der Waals surface area contributed by atoms with Crippen LogP contribution in [0, 0.1) is 0 Å². The van der Waals surface area contributed by atoms with Gasteiger partial charge in [0.2, 0.25) is 0 Å². The van der Waals surface area contributed by atoms with Crippen LogP contribution in [0.2, 0.25) is 0 Å². The van der Waals surface area contributed by atoms with Gasteiger partial charge in [0.1, 0.15) is 0 Å². The molecule has 6 nitrogen and oxygen atoms in total. The highest BCUT2D eigenvalue weighted by Gasteiger charge is 2.28. The number of carbonyl (C=O) groups excluding carboxylic acids is 2. The smallest absolute Gasteiger partial charge is 0.279 e. The van der Waals surface area contributed by atoms with Crippen LogP contribution in [-0.4, -0.2) is 47.3 Å². The van der Waals surface area contributed by atoms with Gasteiger partial charge in [0.25, 0.3) is 11.8 Å². The first kappa shape index (κ1) is 29.2. The average Bonchev–Trinajstić information content (AvgIpc) is 3.23. The largest absolute Gasteiger partial charge is 0.396 e. The SMILES string of the molecule is O=C(N[C@@H]1CC[C@H](NC(=O)C(F)=CCCCCCCCO)C1)C(F)=CCCCCCCCO. The molecule has 2 amide bonds. The fraction of sp³-hybridized carbons (Fsp3) is 0.760. The number of hydrogen-bond donors (Lipinski definition) is 4. The molecule has 190 valence electrons. The fourth-order valence-corrected chi connectivity index (χ4v) is 3.97. The van der Waals surface area contributed by atoms with Gasteiger partial charge in [0, 0.05) is 25.3 Å². The second-order valence-electron chi connectivity index (χ2n) is 8.82. The third kappa shape index (κ3) is 14.1. The van der Waals surface area contributed by atoms with Crippen molar-refractivity contribution in [3.8, 4) is 0 Å². The maximum Gasteiger partial charge on any atom is 0.279 e. The van der Waals surface area contributed by atoms with E-state index in [0.29, 0.717) is 32.1 Å². The van der Waals surface area contributed by atoms with Crippen molar-refractivity contribution in [1.29, 1.82) is 0 Å². The molecule has 1 rings (SSSR count). The molecule has 0 aromatic rings. The highest BCUT2D eigenvalue weighted by Crippen LogP contribution is 2.20. The molecule has 1 aliphatic rings. The molecule has 0 saturated heterocycles. The van der Waals surface area contributed by atoms with E-state index < -0.39 is 23.5 Å². The molecule has 4 N–H and O–H groups in total. The Balaban J connectivity index is 2.23. The molecular formula is C25H42F2N2O4. The Morgan fingerprint density at radius 2 is 1.03 bits per heavy atom. The summed E-state index contributed by atoms with van der Waals surface area (Å²) in [5.74, 6) is -3.05. The topological polar surface area (TPSA) is 98.7 Å². The molecule has 1 fully saturated rings. The van der Waals surface area contributed by atoms with Crippen molar-refractivity contribution in [1.82, 2.24) is 10.6 Å². The molecule has 1 saturated carbocycles. The van der Waals surface area contributed by atoms with Gasteiger partial charge in [-0.3, -0.25) is 9.59 Å². The van der Waals surface area contributed by atoms with Gasteiger partial charge in [-0.15, -0.1) is 0 Å². The lowest BCUT2D eigenvalue weighted by Crippen LogP contribution is -2.37. The van der Waals surface area contributed by atoms with E-state index in [1.54, 1.807) is 0 Å². The van der Waals surface area contributed by atoms with E-state index in [4.69, 9.17) is 10.2 Å². The number of amides is 2. The molecule has 0 spiro atoms. The zero-order valence-electron chi connectivity index (χ0n) is 19.8. The van der Waals surface area contributed by atoms with Crippen molar-refractivity contribution in [2.24, 2.45) is 0 Å². The Morgan fingerprint density at radius 1 is 0.667 bits per heavy atom. The number of rotatable bonds is 18. The second kappa shape index (κ2) is 18.6. The first-order valence-electron chi connectivity index (χ1n) is 12.5. The normalized spacial score (nSPS) is 19.0. The minimum Gasteiger partial charge on any atom is -0.396 e. The maximum absolute atomic E-state index is 14.0. The van der Waals surface area contributed by atoms with Crippen LogP contribution in [0.5, 0.6) is 0 Å². The van der Waals surface area contributed by atoms with Gasteiger partial charge in [-0.25, -0.2) is 8.78 Å². The molecule has 0 radical (unpaired) electrons. The number of halogens is 2. The number of allylic oxidation sites excluding steroid dienone is 2. The summed E-state index contributed by atoms with van der Waals surface area (Å²) >= 11 is 0. The summed E-state index contributed by atoms with van der Waals surface area (Å²) in [6, 6.07) is -0.488. The third-order valence-corrected chi connectivity index (χ3v) is 5.91. The molecule has 0 unspecified atom stereocenters. The lowest BCUT2D eigenvalue weighted by molar-refractivity contribution is -0.119. The third-order valence-electron chi connectivity index (χ3n) is 5.91. The summed E-state index contributed by atoms with van der Waals surface area (Å²) < 4.78 is 28.0. The van der Waals surface area contributed by atoms with Crippen LogP contribution in [0.1, 0.15) is 96.3 Å². The molecule has 0 aromatic heterocycles. The van der Waals surface area contributed by atoms with Crippen molar-refractivity contribution in [2.45, 2.75) is 108 Å². The average molecular weight is 473 g/mol. The lowest BCUT2D eigenvalue weighted by atomic mass is 10.1. The minimum atomic E-state index is -0.789. The summed E-state index contributed by atoms with van der Waals surface area (Å²) in [7, 11) is 0. The van der Waals surface area contributed by atoms with Crippen LogP contribution >= 0.6 is 0 Å². The van der Waals surface area contributed by atoms with Crippen LogP contribution in [-0.2, 0) is 9.59 Å². The number of aliphatic hydroxyl groups is 2. The number of nitrogens with one attached hydrogen (secondary N) is 2. The Morgan fingerprint density at radius 3 is 1.42 bits per heavy atom. The van der Waals surface area contributed by atoms with E-state index >= 15 is 0 Å². The molecule has 1 aliphatic carbocycles. The quantitative estimate of drug-likeness (QED) is 0.174. The highest BCUT2D eigenvalue weighted by molar-refractivity contribution is 5.92. The lowest BCUT2D eigenvalue weighted by Gasteiger charge is -2.14. The molecular weight excluding hydrogens is 430 g/mol. The predicted molar refractivity (Wildman–Crippen MR) is 126 cm³/mol. The van der Waals surface area contributed by atoms with Gasteiger partial charge >= 0.3 is 0 Å². The number of aliphatic hydroxyl groups excluding tert-OH is 2. The van der Waals surface area contributed by atoms with Crippen molar-refractivity contribution < 1.29 is 28.6 Å². The van der Waals surface area contributed by atoms with Gasteiger partial charge in [0.15, 0.2) is 11.7 Å². The van der Waals surface area contributed by atoms with E-state index in [1.165, 1.54) is 12.2 Å². The molecule has 0 bridgehead atoms. The van der Waals surface area contributed by atoms with E-state index in [0.717, 1.165) is 64.2 Å². The first-order valence-corrected chi connectivity index (χ1v) is 12.5. The van der Waals surface area contributed by atoms with Crippen molar-refractivity contribution in [3.05, 3.63) is 23.8 Å². The predicted octanol–water partition coefficient (Wildman–Crippen LogP) is 4.51. The minimum absolute atomic E-state index is 0.194. The van der Waals surface area contributed by atoms with Crippen LogP contribution < -0.4 is 10.6 Å². The Kier molecular flexibility index (Phi) is 16.5. The van der Waals surface area contributed by atoms with Crippen molar-refractivity contribution in [2.75, 3.05) is 13.2 Å². The summed E-state index contributed by atoms with van der Waals surface area (Å²) in [6.07, 6.45) is 14.2. The summed E-state index contributed by atoms with van der Waals surface area (Å²) in [6.45, 7) is 0.388. The molecule has 0 aromatic carbocycles. The Labute approximate surface area is 196 Å². The van der Waals surface area contributed by atoms with E-state index in [9.17, 15) is 18.4 Å². The standard InChI is InChI=1S/C25H42F2N2O4/c26-22(13-9-5-1-3-7-11-17-30)24(32)28-20-15-16-21(19-20)29-25(33)23(27)14-10-6-2-4-8-12-18-31/h13-14,20-21,30-31H,1-12,15-19H2,(H,28,32)(H,29,33)/t20-,21+. The molecule has 8 heteroatoms. The second-order valence-corrected chi connectivity index (χ2v) is 8.82. The zero-order chi connectivity index (χ0) is 24.3. The van der Waals surface area contributed by atoms with E-state index in [2.05, 4.69) is 10.6 Å². The number of unbranched alkanes of at least 4 members (excludes halogenated alkanes) is 10. The van der Waals surface area contributed by atoms with Gasteiger partial charge in [0.05, 0.1) is 0 Å². The Hall–Kier alpha value is -1.80. The monoisotopic (exact) mass is 472 g/mol. The van der Waals surface area contributed by atoms with E-state index in [-0.39, 0.29) is 25.3 Å². The zero-order valence-corrected chi connectivity index (χ0v) is 19.8. The van der Waals surface area contributed by atoms with Crippen LogP contribution in [0.4, 0.5) is 8.78 Å². The van der Waals surface area contributed by atoms with Crippen LogP contribution in [0.25, 0.3) is 0 Å². The highest BCUT2D eigenvalue weighted by atomic mass is 19.1. The Bertz CT molecular complexity index is 574. The molecule has 0 aliphatic heterocycles.